The molecular weight excluding hydrogens is 250 g/mol. The van der Waals surface area contributed by atoms with E-state index < -0.39 is 0 Å². The maximum Gasteiger partial charge on any atom is 0.0102 e. The molecule has 0 atom stereocenters. The highest BCUT2D eigenvalue weighted by atomic mass is 32.1. The van der Waals surface area contributed by atoms with E-state index in [1.165, 1.54) is 43.5 Å². The van der Waals surface area contributed by atoms with Crippen LogP contribution < -0.4 is 5.32 Å². The van der Waals surface area contributed by atoms with E-state index in [1.807, 2.05) is 11.3 Å². The summed E-state index contributed by atoms with van der Waals surface area (Å²) in [7, 11) is 0. The largest absolute Gasteiger partial charge is 0.315 e. The number of unbranched alkanes of at least 4 members (excludes halogenated alkanes) is 3. The fraction of sp³-hybridized carbons (Fsp3) is 0.765. The van der Waals surface area contributed by atoms with Gasteiger partial charge in [0.15, 0.2) is 0 Å². The molecule has 0 radical (unpaired) electrons. The first-order chi connectivity index (χ1) is 8.89. The van der Waals surface area contributed by atoms with Crippen LogP contribution in [0, 0.1) is 0 Å². The van der Waals surface area contributed by atoms with Crippen molar-refractivity contribution in [3.63, 3.8) is 0 Å². The lowest BCUT2D eigenvalue weighted by Crippen LogP contribution is -2.23. The Morgan fingerprint density at radius 3 is 2.32 bits per heavy atom. The minimum absolute atomic E-state index is 0.311. The van der Waals surface area contributed by atoms with E-state index in [0.717, 1.165) is 0 Å². The first-order valence-electron chi connectivity index (χ1n) is 7.72. The van der Waals surface area contributed by atoms with Crippen molar-refractivity contribution >= 4 is 11.3 Å². The summed E-state index contributed by atoms with van der Waals surface area (Å²) >= 11 is 2.00. The molecule has 19 heavy (non-hydrogen) atoms. The van der Waals surface area contributed by atoms with Crippen molar-refractivity contribution in [3.05, 3.63) is 21.9 Å². The molecule has 0 aliphatic carbocycles. The maximum atomic E-state index is 3.48. The van der Waals surface area contributed by atoms with E-state index in [9.17, 15) is 0 Å². The summed E-state index contributed by atoms with van der Waals surface area (Å²) in [5, 5.41) is 3.48. The second kappa shape index (κ2) is 8.06. The van der Waals surface area contributed by atoms with E-state index in [4.69, 9.17) is 0 Å². The van der Waals surface area contributed by atoms with Crippen molar-refractivity contribution in [1.29, 1.82) is 0 Å². The molecule has 0 bridgehead atoms. The summed E-state index contributed by atoms with van der Waals surface area (Å²) in [6.45, 7) is 12.5. The highest BCUT2D eigenvalue weighted by Crippen LogP contribution is 2.30. The average Bonchev–Trinajstić information content (AvgIpc) is 2.75. The third kappa shape index (κ3) is 7.12. The third-order valence-corrected chi connectivity index (χ3v) is 4.87. The number of nitrogens with one attached hydrogen (secondary N) is 1. The smallest absolute Gasteiger partial charge is 0.0102 e. The predicted octanol–water partition coefficient (Wildman–Crippen LogP) is 5.15. The molecule has 0 aromatic carbocycles. The minimum Gasteiger partial charge on any atom is -0.315 e. The van der Waals surface area contributed by atoms with Gasteiger partial charge in [0.05, 0.1) is 0 Å². The molecule has 1 aromatic rings. The second-order valence-corrected chi connectivity index (χ2v) is 7.96. The number of thiophene rings is 1. The van der Waals surface area contributed by atoms with Gasteiger partial charge in [-0.1, -0.05) is 47.5 Å². The Labute approximate surface area is 123 Å². The molecule has 0 saturated carbocycles. The van der Waals surface area contributed by atoms with Gasteiger partial charge in [0.1, 0.15) is 0 Å². The third-order valence-electron chi connectivity index (χ3n) is 3.30. The van der Waals surface area contributed by atoms with Crippen molar-refractivity contribution in [3.8, 4) is 0 Å². The molecule has 2 heteroatoms. The van der Waals surface area contributed by atoms with E-state index in [-0.39, 0.29) is 0 Å². The van der Waals surface area contributed by atoms with Crippen LogP contribution in [0.2, 0.25) is 0 Å². The Morgan fingerprint density at radius 1 is 1.05 bits per heavy atom. The summed E-state index contributed by atoms with van der Waals surface area (Å²) < 4.78 is 0. The van der Waals surface area contributed by atoms with E-state index in [1.54, 1.807) is 4.88 Å². The molecule has 0 aliphatic rings. The molecule has 0 unspecified atom stereocenters. The van der Waals surface area contributed by atoms with E-state index in [2.05, 4.69) is 52.1 Å². The minimum atomic E-state index is 0.311. The molecule has 1 nitrogen and oxygen atoms in total. The Kier molecular flexibility index (Phi) is 7.09. The fourth-order valence-corrected chi connectivity index (χ4v) is 3.19. The Morgan fingerprint density at radius 2 is 1.74 bits per heavy atom. The van der Waals surface area contributed by atoms with Crippen molar-refractivity contribution < 1.29 is 0 Å². The lowest BCUT2D eigenvalue weighted by molar-refractivity contribution is 0.542. The monoisotopic (exact) mass is 281 g/mol. The van der Waals surface area contributed by atoms with Crippen LogP contribution in [0.3, 0.4) is 0 Å². The first kappa shape index (κ1) is 16.7. The number of rotatable bonds is 8. The van der Waals surface area contributed by atoms with E-state index in [0.29, 0.717) is 11.5 Å². The second-order valence-electron chi connectivity index (χ2n) is 6.79. The van der Waals surface area contributed by atoms with Crippen LogP contribution in [0.1, 0.15) is 70.1 Å². The summed E-state index contributed by atoms with van der Waals surface area (Å²) in [6, 6.07) is 5.26. The average molecular weight is 282 g/mol. The molecule has 1 aromatic heterocycles. The van der Waals surface area contributed by atoms with Crippen LogP contribution in [-0.4, -0.2) is 12.6 Å². The van der Waals surface area contributed by atoms with Gasteiger partial charge in [0.2, 0.25) is 0 Å². The Hall–Kier alpha value is -0.340. The molecule has 0 amide bonds. The van der Waals surface area contributed by atoms with E-state index >= 15 is 0 Å². The van der Waals surface area contributed by atoms with Gasteiger partial charge in [0, 0.05) is 15.8 Å². The molecule has 0 saturated heterocycles. The standard InChI is InChI=1S/C17H31NS/c1-14(2)18-13-9-7-6-8-10-15-11-12-16(19-15)17(3,4)5/h11-12,14,18H,6-10,13H2,1-5H3. The zero-order chi connectivity index (χ0) is 14.3. The highest BCUT2D eigenvalue weighted by Gasteiger charge is 2.15. The van der Waals surface area contributed by atoms with Gasteiger partial charge in [-0.25, -0.2) is 0 Å². The van der Waals surface area contributed by atoms with Gasteiger partial charge in [-0.05, 0) is 43.4 Å². The number of aryl methyl sites for hydroxylation is 1. The highest BCUT2D eigenvalue weighted by molar-refractivity contribution is 7.12. The lowest BCUT2D eigenvalue weighted by Gasteiger charge is -2.15. The van der Waals surface area contributed by atoms with Crippen LogP contribution >= 0.6 is 11.3 Å². The quantitative estimate of drug-likeness (QED) is 0.650. The summed E-state index contributed by atoms with van der Waals surface area (Å²) in [5.41, 5.74) is 0.311. The SMILES string of the molecule is CC(C)NCCCCCCc1ccc(C(C)(C)C)s1. The van der Waals surface area contributed by atoms with Crippen LogP contribution in [-0.2, 0) is 11.8 Å². The van der Waals surface area contributed by atoms with Crippen LogP contribution in [0.5, 0.6) is 0 Å². The van der Waals surface area contributed by atoms with Crippen molar-refractivity contribution in [2.24, 2.45) is 0 Å². The Bertz CT molecular complexity index is 346. The summed E-state index contributed by atoms with van der Waals surface area (Å²) in [6.07, 6.45) is 6.64. The fourth-order valence-electron chi connectivity index (χ4n) is 2.08. The summed E-state index contributed by atoms with van der Waals surface area (Å²) in [4.78, 5) is 3.08. The normalized spacial score (nSPS) is 12.3. The van der Waals surface area contributed by atoms with Crippen LogP contribution in [0.4, 0.5) is 0 Å². The lowest BCUT2D eigenvalue weighted by atomic mass is 9.95. The van der Waals surface area contributed by atoms with Gasteiger partial charge >= 0.3 is 0 Å². The van der Waals surface area contributed by atoms with Gasteiger partial charge < -0.3 is 5.32 Å². The molecule has 0 fully saturated rings. The Balaban J connectivity index is 2.11. The zero-order valence-electron chi connectivity index (χ0n) is 13.4. The topological polar surface area (TPSA) is 12.0 Å². The van der Waals surface area contributed by atoms with Crippen molar-refractivity contribution in [2.75, 3.05) is 6.54 Å². The summed E-state index contributed by atoms with van der Waals surface area (Å²) in [5.74, 6) is 0. The molecule has 110 valence electrons. The van der Waals surface area contributed by atoms with Gasteiger partial charge in [-0.15, -0.1) is 11.3 Å². The molecule has 1 N–H and O–H groups in total. The first-order valence-corrected chi connectivity index (χ1v) is 8.54. The zero-order valence-corrected chi connectivity index (χ0v) is 14.2. The van der Waals surface area contributed by atoms with Gasteiger partial charge in [-0.2, -0.15) is 0 Å². The molecule has 0 aliphatic heterocycles. The van der Waals surface area contributed by atoms with Gasteiger partial charge in [0.25, 0.3) is 0 Å². The van der Waals surface area contributed by atoms with Crippen molar-refractivity contribution in [1.82, 2.24) is 5.32 Å². The molecule has 1 rings (SSSR count). The molecular formula is C17H31NS. The number of hydrogen-bond acceptors (Lipinski definition) is 2. The van der Waals surface area contributed by atoms with Gasteiger partial charge in [-0.3, -0.25) is 0 Å². The number of hydrogen-bond donors (Lipinski definition) is 1. The molecule has 1 heterocycles. The van der Waals surface area contributed by atoms with Crippen LogP contribution in [0.25, 0.3) is 0 Å². The molecule has 0 spiro atoms. The van der Waals surface area contributed by atoms with Crippen LogP contribution in [0.15, 0.2) is 12.1 Å². The predicted molar refractivity (Wildman–Crippen MR) is 88.3 cm³/mol. The van der Waals surface area contributed by atoms with Crippen molar-refractivity contribution in [2.45, 2.75) is 78.2 Å². The maximum absolute atomic E-state index is 3.48.